The monoisotopic (exact) mass is 318 g/mol. The average Bonchev–Trinajstić information content (AvgIpc) is 2.90. The summed E-state index contributed by atoms with van der Waals surface area (Å²) >= 11 is 0. The number of hydrogen-bond donors (Lipinski definition) is 0. The van der Waals surface area contributed by atoms with E-state index in [0.29, 0.717) is 17.6 Å². The molecular weight excluding hydrogens is 296 g/mol. The number of ether oxygens (including phenoxy) is 1. The lowest BCUT2D eigenvalue weighted by atomic mass is 9.58. The van der Waals surface area contributed by atoms with E-state index in [-0.39, 0.29) is 11.4 Å². The summed E-state index contributed by atoms with van der Waals surface area (Å²) in [5.41, 5.74) is 5.60. The third kappa shape index (κ3) is 2.15. The highest BCUT2D eigenvalue weighted by atomic mass is 16.5. The molecule has 24 heavy (non-hydrogen) atoms. The van der Waals surface area contributed by atoms with Gasteiger partial charge in [0.25, 0.3) is 0 Å². The van der Waals surface area contributed by atoms with Crippen LogP contribution in [0.5, 0.6) is 5.75 Å². The van der Waals surface area contributed by atoms with Crippen molar-refractivity contribution in [3.63, 3.8) is 0 Å². The van der Waals surface area contributed by atoms with Crippen LogP contribution in [-0.2, 0) is 11.2 Å². The highest BCUT2D eigenvalue weighted by Gasteiger charge is 2.48. The van der Waals surface area contributed by atoms with Gasteiger partial charge in [-0.1, -0.05) is 36.6 Å². The van der Waals surface area contributed by atoms with Gasteiger partial charge in [-0.2, -0.15) is 0 Å². The maximum absolute atomic E-state index is 11.2. The van der Waals surface area contributed by atoms with Crippen LogP contribution in [0.25, 0.3) is 0 Å². The number of benzene rings is 1. The summed E-state index contributed by atoms with van der Waals surface area (Å²) in [7, 11) is 0. The molecule has 0 saturated heterocycles. The van der Waals surface area contributed by atoms with E-state index < -0.39 is 0 Å². The van der Waals surface area contributed by atoms with Gasteiger partial charge in [0, 0.05) is 23.8 Å². The van der Waals surface area contributed by atoms with Crippen LogP contribution in [-0.4, -0.2) is 5.97 Å². The number of carbonyl (C=O) groups excluding carboxylic acids is 1. The summed E-state index contributed by atoms with van der Waals surface area (Å²) in [5.74, 6) is 4.34. The first kappa shape index (κ1) is 15.3. The second kappa shape index (κ2) is 5.38. The lowest BCUT2D eigenvalue weighted by Gasteiger charge is -2.45. The highest BCUT2D eigenvalue weighted by Crippen LogP contribution is 2.59. The molecule has 122 valence electrons. The Hall–Kier alpha value is -2.27. The number of terminal acetylenes is 1. The first-order valence-electron chi connectivity index (χ1n) is 8.71. The summed E-state index contributed by atoms with van der Waals surface area (Å²) in [5, 5.41) is 0. The molecule has 0 aromatic heterocycles. The fraction of sp³-hybridized carbons (Fsp3) is 0.409. The Labute approximate surface area is 143 Å². The molecule has 0 amide bonds. The molecule has 0 radical (unpaired) electrons. The standard InChI is InChI=1S/C22H22O2/c1-4-16-6-10-21-20-8-5-15-13-17(24-14(2)23)7-9-18(15)19(20)11-12-22(16,21)3/h1,6-9,13,19,21H,5,10-12H2,2-3H3/t19?,21?,22-/m1/s1. The van der Waals surface area contributed by atoms with Crippen LogP contribution >= 0.6 is 0 Å². The Morgan fingerprint density at radius 1 is 1.38 bits per heavy atom. The first-order chi connectivity index (χ1) is 11.5. The SMILES string of the molecule is C#CC1=CCC2C3=CCc4cc(OC(C)=O)ccc4C3CC[C@]12C. The molecule has 0 N–H and O–H groups in total. The van der Waals surface area contributed by atoms with Gasteiger partial charge in [-0.15, -0.1) is 6.42 Å². The lowest BCUT2D eigenvalue weighted by Crippen LogP contribution is -2.35. The fourth-order valence-corrected chi connectivity index (χ4v) is 4.98. The quantitative estimate of drug-likeness (QED) is 0.328. The van der Waals surface area contributed by atoms with Gasteiger partial charge in [0.15, 0.2) is 0 Å². The number of esters is 1. The molecule has 1 aromatic carbocycles. The summed E-state index contributed by atoms with van der Waals surface area (Å²) in [6.07, 6.45) is 14.7. The van der Waals surface area contributed by atoms with E-state index in [4.69, 9.17) is 11.2 Å². The molecule has 0 heterocycles. The van der Waals surface area contributed by atoms with Gasteiger partial charge in [-0.3, -0.25) is 4.79 Å². The Morgan fingerprint density at radius 2 is 2.21 bits per heavy atom. The Kier molecular flexibility index (Phi) is 3.42. The van der Waals surface area contributed by atoms with E-state index in [9.17, 15) is 4.79 Å². The van der Waals surface area contributed by atoms with Crippen LogP contribution in [0.4, 0.5) is 0 Å². The molecule has 1 fully saturated rings. The van der Waals surface area contributed by atoms with E-state index >= 15 is 0 Å². The van der Waals surface area contributed by atoms with Crippen molar-refractivity contribution in [1.29, 1.82) is 0 Å². The largest absolute Gasteiger partial charge is 0.427 e. The van der Waals surface area contributed by atoms with Gasteiger partial charge in [0.05, 0.1) is 0 Å². The minimum Gasteiger partial charge on any atom is -0.427 e. The van der Waals surface area contributed by atoms with Gasteiger partial charge in [0.2, 0.25) is 0 Å². The number of allylic oxidation sites excluding steroid dienone is 4. The second-order valence-corrected chi connectivity index (χ2v) is 7.42. The minimum absolute atomic E-state index is 0.145. The van der Waals surface area contributed by atoms with Crippen molar-refractivity contribution in [3.8, 4) is 18.1 Å². The average molecular weight is 318 g/mol. The molecule has 2 nitrogen and oxygen atoms in total. The molecule has 0 aliphatic heterocycles. The molecule has 3 aliphatic rings. The molecule has 1 aromatic rings. The Morgan fingerprint density at radius 3 is 2.96 bits per heavy atom. The number of hydrogen-bond acceptors (Lipinski definition) is 2. The molecule has 0 bridgehead atoms. The van der Waals surface area contributed by atoms with Crippen LogP contribution in [0.3, 0.4) is 0 Å². The zero-order valence-electron chi connectivity index (χ0n) is 14.3. The van der Waals surface area contributed by atoms with E-state index in [1.807, 2.05) is 12.1 Å². The van der Waals surface area contributed by atoms with Crippen LogP contribution in [0.2, 0.25) is 0 Å². The van der Waals surface area contributed by atoms with Crippen molar-refractivity contribution in [2.24, 2.45) is 11.3 Å². The fourth-order valence-electron chi connectivity index (χ4n) is 4.98. The third-order valence-corrected chi connectivity index (χ3v) is 6.16. The van der Waals surface area contributed by atoms with Gasteiger partial charge < -0.3 is 4.74 Å². The number of rotatable bonds is 1. The Balaban J connectivity index is 1.67. The van der Waals surface area contributed by atoms with Gasteiger partial charge in [-0.05, 0) is 54.9 Å². The predicted molar refractivity (Wildman–Crippen MR) is 94.6 cm³/mol. The van der Waals surface area contributed by atoms with Crippen molar-refractivity contribution in [3.05, 3.63) is 52.6 Å². The molecule has 4 rings (SSSR count). The second-order valence-electron chi connectivity index (χ2n) is 7.42. The van der Waals surface area contributed by atoms with Crippen molar-refractivity contribution < 1.29 is 9.53 Å². The number of carbonyl (C=O) groups is 1. The molecule has 2 unspecified atom stereocenters. The predicted octanol–water partition coefficient (Wildman–Crippen LogP) is 4.56. The molecule has 3 aliphatic carbocycles. The normalized spacial score (nSPS) is 30.2. The smallest absolute Gasteiger partial charge is 0.308 e. The van der Waals surface area contributed by atoms with Crippen LogP contribution in [0.1, 0.15) is 50.2 Å². The van der Waals surface area contributed by atoms with E-state index in [1.54, 1.807) is 5.57 Å². The van der Waals surface area contributed by atoms with Crippen LogP contribution in [0.15, 0.2) is 41.5 Å². The summed E-state index contributed by atoms with van der Waals surface area (Å²) in [6.45, 7) is 3.78. The van der Waals surface area contributed by atoms with E-state index in [0.717, 1.165) is 25.7 Å². The zero-order valence-corrected chi connectivity index (χ0v) is 14.3. The molecule has 1 saturated carbocycles. The molecule has 2 heteroatoms. The highest BCUT2D eigenvalue weighted by molar-refractivity contribution is 5.69. The van der Waals surface area contributed by atoms with E-state index in [1.165, 1.54) is 23.6 Å². The van der Waals surface area contributed by atoms with Crippen molar-refractivity contribution in [1.82, 2.24) is 0 Å². The third-order valence-electron chi connectivity index (χ3n) is 6.16. The van der Waals surface area contributed by atoms with Crippen LogP contribution in [0, 0.1) is 23.7 Å². The number of fused-ring (bicyclic) bond motifs is 5. The first-order valence-corrected chi connectivity index (χ1v) is 8.71. The summed E-state index contributed by atoms with van der Waals surface area (Å²) < 4.78 is 5.24. The molecule has 3 atom stereocenters. The summed E-state index contributed by atoms with van der Waals surface area (Å²) in [6, 6.07) is 6.10. The topological polar surface area (TPSA) is 26.3 Å². The van der Waals surface area contributed by atoms with Crippen molar-refractivity contribution in [2.75, 3.05) is 0 Å². The zero-order chi connectivity index (χ0) is 16.9. The summed E-state index contributed by atoms with van der Waals surface area (Å²) in [4.78, 5) is 11.2. The Bertz CT molecular complexity index is 821. The van der Waals surface area contributed by atoms with Gasteiger partial charge in [0.1, 0.15) is 5.75 Å². The molecule has 0 spiro atoms. The lowest BCUT2D eigenvalue weighted by molar-refractivity contribution is -0.131. The van der Waals surface area contributed by atoms with Gasteiger partial charge in [-0.25, -0.2) is 0 Å². The molecular formula is C22H22O2. The van der Waals surface area contributed by atoms with Crippen molar-refractivity contribution >= 4 is 5.97 Å². The maximum Gasteiger partial charge on any atom is 0.308 e. The van der Waals surface area contributed by atoms with Crippen LogP contribution < -0.4 is 4.74 Å². The van der Waals surface area contributed by atoms with Gasteiger partial charge >= 0.3 is 5.97 Å². The minimum atomic E-state index is -0.269. The van der Waals surface area contributed by atoms with E-state index in [2.05, 4.69) is 31.1 Å². The van der Waals surface area contributed by atoms with Crippen molar-refractivity contribution in [2.45, 2.75) is 45.4 Å². The maximum atomic E-state index is 11.2.